The Morgan fingerprint density at radius 3 is 2.70 bits per heavy atom. The largest absolute Gasteiger partial charge is 0.481 e. The van der Waals surface area contributed by atoms with Crippen molar-refractivity contribution in [2.75, 3.05) is 6.54 Å². The standard InChI is InChI=1S/C18H19NO4/c1-11-3-5-12(6-4-11)9-19-10-18-8-7-17(2,23-18)14(16(21)22)13(18)15(19)20/h3-8,13-14H,9-10H2,1-2H3,(H,21,22). The summed E-state index contributed by atoms with van der Waals surface area (Å²) < 4.78 is 6.05. The molecule has 23 heavy (non-hydrogen) atoms. The average Bonchev–Trinajstić information content (AvgIpc) is 3.04. The Hall–Kier alpha value is -2.14. The smallest absolute Gasteiger partial charge is 0.310 e. The van der Waals surface area contributed by atoms with E-state index in [2.05, 4.69) is 0 Å². The lowest BCUT2D eigenvalue weighted by Gasteiger charge is -2.27. The number of carboxylic acids is 1. The summed E-state index contributed by atoms with van der Waals surface area (Å²) in [4.78, 5) is 26.3. The van der Waals surface area contributed by atoms with Gasteiger partial charge in [-0.3, -0.25) is 9.59 Å². The van der Waals surface area contributed by atoms with E-state index >= 15 is 0 Å². The van der Waals surface area contributed by atoms with Crippen LogP contribution < -0.4 is 0 Å². The molecular formula is C18H19NO4. The van der Waals surface area contributed by atoms with Gasteiger partial charge in [-0.15, -0.1) is 0 Å². The van der Waals surface area contributed by atoms with Crippen LogP contribution in [0.4, 0.5) is 0 Å². The molecule has 5 heteroatoms. The first-order valence-electron chi connectivity index (χ1n) is 7.82. The molecule has 4 atom stereocenters. The molecule has 1 spiro atoms. The number of benzene rings is 1. The Labute approximate surface area is 134 Å². The molecule has 0 saturated carbocycles. The highest BCUT2D eigenvalue weighted by atomic mass is 16.5. The number of carboxylic acid groups (broad SMARTS) is 1. The minimum Gasteiger partial charge on any atom is -0.481 e. The maximum Gasteiger partial charge on any atom is 0.310 e. The summed E-state index contributed by atoms with van der Waals surface area (Å²) >= 11 is 0. The Bertz CT molecular complexity index is 725. The number of likely N-dealkylation sites (tertiary alicyclic amines) is 1. The number of hydrogen-bond acceptors (Lipinski definition) is 3. The topological polar surface area (TPSA) is 66.8 Å². The van der Waals surface area contributed by atoms with E-state index in [0.717, 1.165) is 5.56 Å². The van der Waals surface area contributed by atoms with Gasteiger partial charge >= 0.3 is 5.97 Å². The summed E-state index contributed by atoms with van der Waals surface area (Å²) in [5.41, 5.74) is 0.555. The first-order chi connectivity index (χ1) is 10.8. The van der Waals surface area contributed by atoms with Gasteiger partial charge in [0.25, 0.3) is 0 Å². The molecule has 1 aromatic rings. The fourth-order valence-corrected chi connectivity index (χ4v) is 4.27. The van der Waals surface area contributed by atoms with Gasteiger partial charge in [0.15, 0.2) is 0 Å². The van der Waals surface area contributed by atoms with Crippen LogP contribution in [0, 0.1) is 18.8 Å². The molecule has 2 fully saturated rings. The van der Waals surface area contributed by atoms with Gasteiger partial charge in [0, 0.05) is 6.54 Å². The van der Waals surface area contributed by atoms with Crippen molar-refractivity contribution >= 4 is 11.9 Å². The average molecular weight is 313 g/mol. The Morgan fingerprint density at radius 1 is 1.35 bits per heavy atom. The van der Waals surface area contributed by atoms with E-state index in [1.807, 2.05) is 43.3 Å². The zero-order chi connectivity index (χ0) is 16.4. The third kappa shape index (κ3) is 1.89. The Morgan fingerprint density at radius 2 is 2.04 bits per heavy atom. The number of rotatable bonds is 3. The SMILES string of the molecule is Cc1ccc(CN2CC34C=CC(C)(O3)C(C(=O)O)C4C2=O)cc1. The minimum absolute atomic E-state index is 0.119. The first kappa shape index (κ1) is 14.5. The van der Waals surface area contributed by atoms with E-state index in [4.69, 9.17) is 4.74 Å². The van der Waals surface area contributed by atoms with Crippen molar-refractivity contribution in [1.82, 2.24) is 4.90 Å². The molecule has 4 unspecified atom stereocenters. The van der Waals surface area contributed by atoms with Crippen molar-refractivity contribution in [1.29, 1.82) is 0 Å². The molecule has 0 aromatic heterocycles. The van der Waals surface area contributed by atoms with E-state index in [1.54, 1.807) is 11.8 Å². The number of hydrogen-bond donors (Lipinski definition) is 1. The molecule has 4 rings (SSSR count). The molecule has 1 amide bonds. The van der Waals surface area contributed by atoms with E-state index in [9.17, 15) is 14.7 Å². The van der Waals surface area contributed by atoms with Crippen LogP contribution in [-0.4, -0.2) is 39.6 Å². The minimum atomic E-state index is -0.964. The molecule has 1 aromatic carbocycles. The molecular weight excluding hydrogens is 294 g/mol. The molecule has 3 aliphatic heterocycles. The highest BCUT2D eigenvalue weighted by molar-refractivity contribution is 5.91. The number of fused-ring (bicyclic) bond motifs is 1. The maximum atomic E-state index is 12.8. The molecule has 0 radical (unpaired) electrons. The molecule has 2 bridgehead atoms. The molecule has 5 nitrogen and oxygen atoms in total. The number of amides is 1. The van der Waals surface area contributed by atoms with Crippen LogP contribution in [0.15, 0.2) is 36.4 Å². The van der Waals surface area contributed by atoms with Crippen molar-refractivity contribution in [2.24, 2.45) is 11.8 Å². The van der Waals surface area contributed by atoms with E-state index in [0.29, 0.717) is 13.1 Å². The van der Waals surface area contributed by atoms with Crippen molar-refractivity contribution in [3.63, 3.8) is 0 Å². The van der Waals surface area contributed by atoms with Crippen molar-refractivity contribution in [3.05, 3.63) is 47.5 Å². The molecule has 0 aliphatic carbocycles. The molecule has 2 saturated heterocycles. The number of carbonyl (C=O) groups excluding carboxylic acids is 1. The van der Waals surface area contributed by atoms with Crippen LogP contribution >= 0.6 is 0 Å². The van der Waals surface area contributed by atoms with Crippen LogP contribution in [0.5, 0.6) is 0 Å². The fourth-order valence-electron chi connectivity index (χ4n) is 4.27. The first-order valence-corrected chi connectivity index (χ1v) is 7.82. The summed E-state index contributed by atoms with van der Waals surface area (Å²) in [5, 5.41) is 9.58. The lowest BCUT2D eigenvalue weighted by Crippen LogP contribution is -2.43. The second-order valence-electron chi connectivity index (χ2n) is 7.05. The van der Waals surface area contributed by atoms with Crippen molar-refractivity contribution < 1.29 is 19.4 Å². The fraction of sp³-hybridized carbons (Fsp3) is 0.444. The number of aliphatic carboxylic acids is 1. The Balaban J connectivity index is 1.64. The van der Waals surface area contributed by atoms with Crippen molar-refractivity contribution in [2.45, 2.75) is 31.6 Å². The maximum absolute atomic E-state index is 12.8. The number of carbonyl (C=O) groups is 2. The number of aryl methyl sites for hydroxylation is 1. The van der Waals surface area contributed by atoms with Gasteiger partial charge in [-0.2, -0.15) is 0 Å². The van der Waals surface area contributed by atoms with Crippen molar-refractivity contribution in [3.8, 4) is 0 Å². The van der Waals surface area contributed by atoms with E-state index < -0.39 is 29.0 Å². The van der Waals surface area contributed by atoms with Gasteiger partial charge in [-0.25, -0.2) is 0 Å². The van der Waals surface area contributed by atoms with Crippen LogP contribution in [0.3, 0.4) is 0 Å². The zero-order valence-electron chi connectivity index (χ0n) is 13.2. The highest BCUT2D eigenvalue weighted by Crippen LogP contribution is 2.57. The lowest BCUT2D eigenvalue weighted by molar-refractivity contribution is -0.151. The summed E-state index contributed by atoms with van der Waals surface area (Å²) in [6.45, 7) is 4.68. The van der Waals surface area contributed by atoms with E-state index in [-0.39, 0.29) is 5.91 Å². The number of ether oxygens (including phenoxy) is 1. The molecule has 120 valence electrons. The summed E-state index contributed by atoms with van der Waals surface area (Å²) in [5.74, 6) is -2.52. The van der Waals surface area contributed by atoms with Crippen LogP contribution in [0.25, 0.3) is 0 Å². The third-order valence-corrected chi connectivity index (χ3v) is 5.36. The van der Waals surface area contributed by atoms with Crippen LogP contribution in [-0.2, 0) is 20.9 Å². The molecule has 3 aliphatic rings. The quantitative estimate of drug-likeness (QED) is 0.863. The third-order valence-electron chi connectivity index (χ3n) is 5.36. The van der Waals surface area contributed by atoms with Crippen LogP contribution in [0.1, 0.15) is 18.1 Å². The monoisotopic (exact) mass is 313 g/mol. The number of nitrogens with zero attached hydrogens (tertiary/aromatic N) is 1. The zero-order valence-corrected chi connectivity index (χ0v) is 13.2. The van der Waals surface area contributed by atoms with E-state index in [1.165, 1.54) is 5.56 Å². The highest BCUT2D eigenvalue weighted by Gasteiger charge is 2.71. The van der Waals surface area contributed by atoms with Gasteiger partial charge in [0.05, 0.1) is 18.1 Å². The normalized spacial score (nSPS) is 37.5. The molecule has 3 heterocycles. The predicted octanol–water partition coefficient (Wildman–Crippen LogP) is 1.75. The second-order valence-corrected chi connectivity index (χ2v) is 7.05. The Kier molecular flexibility index (Phi) is 2.79. The van der Waals surface area contributed by atoms with Gasteiger partial charge < -0.3 is 14.7 Å². The summed E-state index contributed by atoms with van der Waals surface area (Å²) in [6, 6.07) is 8.02. The summed E-state index contributed by atoms with van der Waals surface area (Å²) in [7, 11) is 0. The predicted molar refractivity (Wildman–Crippen MR) is 82.6 cm³/mol. The van der Waals surface area contributed by atoms with Crippen LogP contribution in [0.2, 0.25) is 0 Å². The second kappa shape index (κ2) is 4.45. The lowest BCUT2D eigenvalue weighted by atomic mass is 9.72. The summed E-state index contributed by atoms with van der Waals surface area (Å²) in [6.07, 6.45) is 3.70. The van der Waals surface area contributed by atoms with Gasteiger partial charge in [-0.1, -0.05) is 42.0 Å². The van der Waals surface area contributed by atoms with Gasteiger partial charge in [0.1, 0.15) is 11.5 Å². The molecule has 1 N–H and O–H groups in total. The van der Waals surface area contributed by atoms with Gasteiger partial charge in [-0.05, 0) is 19.4 Å². The van der Waals surface area contributed by atoms with Gasteiger partial charge in [0.2, 0.25) is 5.91 Å².